The highest BCUT2D eigenvalue weighted by molar-refractivity contribution is 7.89. The lowest BCUT2D eigenvalue weighted by Crippen LogP contribution is -2.74. The zero-order valence-corrected chi connectivity index (χ0v) is 26.4. The van der Waals surface area contributed by atoms with Crippen molar-refractivity contribution in [2.24, 2.45) is 29.4 Å². The number of amides is 1. The Morgan fingerprint density at radius 3 is 2.33 bits per heavy atom. The van der Waals surface area contributed by atoms with Gasteiger partial charge in [-0.1, -0.05) is 5.16 Å². The van der Waals surface area contributed by atoms with Gasteiger partial charge in [-0.05, 0) is 58.3 Å². The molecule has 5 N–H and O–H groups in total. The maximum atomic E-state index is 14.2. The molecule has 5 rings (SSSR count). The average Bonchev–Trinajstić information content (AvgIpc) is 3.28. The van der Waals surface area contributed by atoms with E-state index in [4.69, 9.17) is 10.3 Å². The number of rotatable bonds is 7. The minimum absolute atomic E-state index is 0.0280. The lowest BCUT2D eigenvalue weighted by molar-refractivity contribution is -0.181. The van der Waals surface area contributed by atoms with Gasteiger partial charge in [-0.2, -0.15) is 0 Å². The smallest absolute Gasteiger partial charge is 0.246 e. The van der Waals surface area contributed by atoms with Crippen molar-refractivity contribution in [2.75, 3.05) is 33.1 Å². The Hall–Kier alpha value is -3.99. The maximum absolute atomic E-state index is 14.2. The average molecular weight is 646 g/mol. The molecule has 0 radical (unpaired) electrons. The standard InChI is InChI=1S/C29H35N5O10S/c1-11-25(12(2)44-32-11)45(42,43)31-10-14-9-17(33(3)4)15-7-13-8-16-21(34(5)6)24(37)20(28(30)40)27(39)29(16,41)26(38)18(13)23(36)19(15)22(14)35/h9,13,16,18,20-21,31,35,41H,7-8,10H2,1-6H3,(H2,30,40)/t13-,16-,18?,20?,21-,29-/m1/s1. The Bertz CT molecular complexity index is 1760. The van der Waals surface area contributed by atoms with E-state index in [0.717, 1.165) is 0 Å². The van der Waals surface area contributed by atoms with Gasteiger partial charge in [-0.3, -0.25) is 28.9 Å². The number of nitrogens with two attached hydrogens (primary N) is 1. The van der Waals surface area contributed by atoms with Crippen LogP contribution in [0.25, 0.3) is 0 Å². The second kappa shape index (κ2) is 10.8. The molecule has 2 unspecified atom stereocenters. The minimum atomic E-state index is -4.16. The summed E-state index contributed by atoms with van der Waals surface area (Å²) in [7, 11) is 2.25. The van der Waals surface area contributed by atoms with E-state index >= 15 is 0 Å². The summed E-state index contributed by atoms with van der Waals surface area (Å²) >= 11 is 0. The van der Waals surface area contributed by atoms with Crippen molar-refractivity contribution in [1.29, 1.82) is 0 Å². The number of ketones is 4. The van der Waals surface area contributed by atoms with Crippen LogP contribution in [-0.4, -0.2) is 97.6 Å². The predicted molar refractivity (Wildman–Crippen MR) is 156 cm³/mol. The monoisotopic (exact) mass is 645 g/mol. The van der Waals surface area contributed by atoms with Gasteiger partial charge in [-0.25, -0.2) is 13.1 Å². The molecule has 242 valence electrons. The minimum Gasteiger partial charge on any atom is -0.507 e. The van der Waals surface area contributed by atoms with Gasteiger partial charge in [-0.15, -0.1) is 0 Å². The number of carbonyl (C=O) groups is 5. The van der Waals surface area contributed by atoms with E-state index in [1.807, 2.05) is 0 Å². The number of aromatic nitrogens is 1. The lowest BCUT2D eigenvalue weighted by Gasteiger charge is -2.52. The van der Waals surface area contributed by atoms with Crippen molar-refractivity contribution in [1.82, 2.24) is 14.8 Å². The van der Waals surface area contributed by atoms with Crippen LogP contribution in [0.15, 0.2) is 15.5 Å². The third-order valence-electron chi connectivity index (χ3n) is 9.29. The number of carbonyl (C=O) groups excluding carboxylic acids is 5. The number of phenols is 1. The number of aromatic hydroxyl groups is 1. The van der Waals surface area contributed by atoms with Gasteiger partial charge in [0.2, 0.25) is 15.9 Å². The summed E-state index contributed by atoms with van der Waals surface area (Å²) < 4.78 is 33.5. The zero-order valence-electron chi connectivity index (χ0n) is 25.6. The highest BCUT2D eigenvalue weighted by Gasteiger charge is 2.69. The summed E-state index contributed by atoms with van der Waals surface area (Å²) in [5, 5.41) is 26.8. The molecule has 1 amide bonds. The Kier molecular flexibility index (Phi) is 7.79. The Morgan fingerprint density at radius 1 is 1.16 bits per heavy atom. The maximum Gasteiger partial charge on any atom is 0.246 e. The number of aryl methyl sites for hydroxylation is 2. The summed E-state index contributed by atoms with van der Waals surface area (Å²) in [5.74, 6) is -11.7. The number of benzene rings is 1. The molecule has 15 nitrogen and oxygen atoms in total. The molecular weight excluding hydrogens is 610 g/mol. The van der Waals surface area contributed by atoms with Gasteiger partial charge in [0, 0.05) is 37.8 Å². The number of aliphatic hydroxyl groups is 1. The van der Waals surface area contributed by atoms with Crippen LogP contribution >= 0.6 is 0 Å². The van der Waals surface area contributed by atoms with Crippen molar-refractivity contribution >= 4 is 44.8 Å². The molecule has 2 aromatic rings. The molecule has 45 heavy (non-hydrogen) atoms. The van der Waals surface area contributed by atoms with Gasteiger partial charge < -0.3 is 25.4 Å². The molecule has 6 atom stereocenters. The molecular formula is C29H35N5O10S. The SMILES string of the molecule is Cc1noc(C)c1S(=O)(=O)NCc1cc(N(C)C)c2c(c1O)C(=O)C1C(=O)[C@@]3(O)C(=O)C(C(N)=O)C(=O)[C@H](N(C)C)[C@H]3C[C@H]1C2. The van der Waals surface area contributed by atoms with Crippen molar-refractivity contribution < 1.29 is 47.1 Å². The molecule has 1 aromatic carbocycles. The van der Waals surface area contributed by atoms with Gasteiger partial charge in [0.25, 0.3) is 0 Å². The molecule has 0 aliphatic heterocycles. The van der Waals surface area contributed by atoms with E-state index in [1.165, 1.54) is 38.9 Å². The Balaban J connectivity index is 1.59. The second-order valence-corrected chi connectivity index (χ2v) is 14.1. The molecule has 2 saturated carbocycles. The Morgan fingerprint density at radius 2 is 1.80 bits per heavy atom. The van der Waals surface area contributed by atoms with Crippen LogP contribution in [0.1, 0.15) is 39.4 Å². The molecule has 3 aliphatic rings. The number of primary amides is 1. The topological polar surface area (TPSA) is 231 Å². The van der Waals surface area contributed by atoms with Crippen LogP contribution in [0.5, 0.6) is 5.75 Å². The number of sulfonamides is 1. The Labute approximate surface area is 258 Å². The van der Waals surface area contributed by atoms with Crippen LogP contribution in [0.3, 0.4) is 0 Å². The first-order chi connectivity index (χ1) is 20.9. The largest absolute Gasteiger partial charge is 0.507 e. The molecule has 0 spiro atoms. The highest BCUT2D eigenvalue weighted by Crippen LogP contribution is 2.52. The molecule has 3 aliphatic carbocycles. The van der Waals surface area contributed by atoms with Crippen molar-refractivity contribution in [3.63, 3.8) is 0 Å². The molecule has 1 heterocycles. The molecule has 0 saturated heterocycles. The number of likely N-dealkylation sites (N-methyl/N-ethyl adjacent to an activating group) is 1. The second-order valence-electron chi connectivity index (χ2n) is 12.4. The third kappa shape index (κ3) is 4.69. The molecule has 1 aromatic heterocycles. The van der Waals surface area contributed by atoms with E-state index in [1.54, 1.807) is 19.0 Å². The van der Waals surface area contributed by atoms with Gasteiger partial charge in [0.05, 0.1) is 17.5 Å². The number of phenolic OH excluding ortho intramolecular Hbond substituents is 1. The number of fused-ring (bicyclic) bond motifs is 3. The van der Waals surface area contributed by atoms with E-state index in [0.29, 0.717) is 11.3 Å². The van der Waals surface area contributed by atoms with Crippen molar-refractivity contribution in [3.05, 3.63) is 34.2 Å². The fraction of sp³-hybridized carbons (Fsp3) is 0.517. The van der Waals surface area contributed by atoms with E-state index in [9.17, 15) is 42.6 Å². The number of hydrogen-bond acceptors (Lipinski definition) is 13. The first kappa shape index (κ1) is 32.4. The molecule has 16 heteroatoms. The third-order valence-corrected chi connectivity index (χ3v) is 10.9. The first-order valence-electron chi connectivity index (χ1n) is 14.2. The molecule has 2 fully saturated rings. The highest BCUT2D eigenvalue weighted by atomic mass is 32.2. The summed E-state index contributed by atoms with van der Waals surface area (Å²) in [6.45, 7) is 2.45. The normalized spacial score (nSPS) is 28.1. The van der Waals surface area contributed by atoms with E-state index in [-0.39, 0.29) is 40.3 Å². The van der Waals surface area contributed by atoms with Gasteiger partial charge in [0.1, 0.15) is 16.3 Å². The fourth-order valence-electron chi connectivity index (χ4n) is 7.34. The summed E-state index contributed by atoms with van der Waals surface area (Å²) in [6, 6.07) is 0.327. The van der Waals surface area contributed by atoms with Gasteiger partial charge >= 0.3 is 0 Å². The van der Waals surface area contributed by atoms with Crippen molar-refractivity contribution in [2.45, 2.75) is 49.8 Å². The number of nitrogens with one attached hydrogen (secondary N) is 1. The zero-order chi connectivity index (χ0) is 33.5. The van der Waals surface area contributed by atoms with Crippen molar-refractivity contribution in [3.8, 4) is 5.75 Å². The number of anilines is 1. The fourth-order valence-corrected chi connectivity index (χ4v) is 8.68. The van der Waals surface area contributed by atoms with E-state index < -0.39 is 86.7 Å². The number of hydrogen-bond donors (Lipinski definition) is 4. The number of nitrogens with zero attached hydrogens (tertiary/aromatic N) is 3. The van der Waals surface area contributed by atoms with Crippen LogP contribution in [-0.2, 0) is 42.2 Å². The van der Waals surface area contributed by atoms with Crippen LogP contribution in [0.2, 0.25) is 0 Å². The number of Topliss-reactive ketones (excluding diaryl/α,β-unsaturated/α-hetero) is 4. The lowest BCUT2D eigenvalue weighted by atomic mass is 9.52. The summed E-state index contributed by atoms with van der Waals surface area (Å²) in [5.41, 5.74) is 3.30. The first-order valence-corrected chi connectivity index (χ1v) is 15.7. The molecule has 0 bridgehead atoms. The quantitative estimate of drug-likeness (QED) is 0.266. The summed E-state index contributed by atoms with van der Waals surface area (Å²) in [6.07, 6.45) is -0.0193. The van der Waals surface area contributed by atoms with Crippen LogP contribution < -0.4 is 15.4 Å². The predicted octanol–water partition coefficient (Wildman–Crippen LogP) is -0.984. The summed E-state index contributed by atoms with van der Waals surface area (Å²) in [4.78, 5) is 70.1. The van der Waals surface area contributed by atoms with Crippen LogP contribution in [0.4, 0.5) is 5.69 Å². The van der Waals surface area contributed by atoms with E-state index in [2.05, 4.69) is 9.88 Å². The van der Waals surface area contributed by atoms with Crippen LogP contribution in [0, 0.1) is 37.5 Å². The van der Waals surface area contributed by atoms with Gasteiger partial charge in [0.15, 0.2) is 40.4 Å².